The van der Waals surface area contributed by atoms with Gasteiger partial charge in [0.1, 0.15) is 5.75 Å². The minimum Gasteiger partial charge on any atom is -0.494 e. The van der Waals surface area contributed by atoms with Crippen molar-refractivity contribution in [2.75, 3.05) is 25.1 Å². The van der Waals surface area contributed by atoms with E-state index in [1.165, 1.54) is 12.8 Å². The Kier molecular flexibility index (Phi) is 6.15. The van der Waals surface area contributed by atoms with Crippen molar-refractivity contribution in [1.29, 1.82) is 0 Å². The van der Waals surface area contributed by atoms with Crippen molar-refractivity contribution >= 4 is 5.69 Å². The zero-order valence-corrected chi connectivity index (χ0v) is 12.2. The molecule has 20 heavy (non-hydrogen) atoms. The lowest BCUT2D eigenvalue weighted by Gasteiger charge is -2.16. The molecule has 1 aromatic carbocycles. The number of aliphatic hydroxyl groups excluding tert-OH is 1. The Bertz CT molecular complexity index is 374. The van der Waals surface area contributed by atoms with Gasteiger partial charge in [0.15, 0.2) is 0 Å². The van der Waals surface area contributed by atoms with Gasteiger partial charge in [0.25, 0.3) is 0 Å². The van der Waals surface area contributed by atoms with Crippen molar-refractivity contribution in [3.63, 3.8) is 0 Å². The average molecular weight is 279 g/mol. The van der Waals surface area contributed by atoms with Gasteiger partial charge in [0.2, 0.25) is 0 Å². The maximum atomic E-state index is 9.90. The molecule has 1 fully saturated rings. The highest BCUT2D eigenvalue weighted by Gasteiger charge is 2.16. The van der Waals surface area contributed by atoms with Gasteiger partial charge in [0.05, 0.1) is 25.4 Å². The fraction of sp³-hybridized carbons (Fsp3) is 0.625. The predicted octanol–water partition coefficient (Wildman–Crippen LogP) is 2.82. The number of hydrogen-bond acceptors (Lipinski definition) is 4. The first-order valence-corrected chi connectivity index (χ1v) is 7.54. The van der Waals surface area contributed by atoms with Crippen LogP contribution in [0.15, 0.2) is 24.3 Å². The Hall–Kier alpha value is -1.26. The Morgan fingerprint density at radius 3 is 2.60 bits per heavy atom. The summed E-state index contributed by atoms with van der Waals surface area (Å²) in [5.74, 6) is 0.864. The quantitative estimate of drug-likeness (QED) is 0.768. The third-order valence-electron chi connectivity index (χ3n) is 3.53. The smallest absolute Gasteiger partial charge is 0.119 e. The zero-order valence-electron chi connectivity index (χ0n) is 12.2. The molecule has 4 nitrogen and oxygen atoms in total. The summed E-state index contributed by atoms with van der Waals surface area (Å²) in [6.45, 7) is 3.55. The molecule has 1 unspecified atom stereocenters. The predicted molar refractivity (Wildman–Crippen MR) is 80.3 cm³/mol. The maximum Gasteiger partial charge on any atom is 0.119 e. The third kappa shape index (κ3) is 5.02. The highest BCUT2D eigenvalue weighted by molar-refractivity contribution is 5.46. The molecule has 4 heteroatoms. The van der Waals surface area contributed by atoms with Crippen molar-refractivity contribution in [3.05, 3.63) is 24.3 Å². The van der Waals surface area contributed by atoms with E-state index in [2.05, 4.69) is 5.32 Å². The molecule has 1 atom stereocenters. The van der Waals surface area contributed by atoms with Crippen molar-refractivity contribution < 1.29 is 14.6 Å². The lowest BCUT2D eigenvalue weighted by Crippen LogP contribution is -2.27. The summed E-state index contributed by atoms with van der Waals surface area (Å²) in [7, 11) is 0. The van der Waals surface area contributed by atoms with E-state index in [1.807, 2.05) is 31.2 Å². The number of hydrogen-bond donors (Lipinski definition) is 2. The van der Waals surface area contributed by atoms with Crippen molar-refractivity contribution in [1.82, 2.24) is 0 Å². The normalized spacial score (nSPS) is 17.1. The Balaban J connectivity index is 1.65. The zero-order chi connectivity index (χ0) is 14.2. The monoisotopic (exact) mass is 279 g/mol. The molecule has 1 aliphatic carbocycles. The average Bonchev–Trinajstić information content (AvgIpc) is 2.98. The summed E-state index contributed by atoms with van der Waals surface area (Å²) in [6.07, 6.45) is 4.67. The minimum absolute atomic E-state index is 0.357. The van der Waals surface area contributed by atoms with Crippen LogP contribution < -0.4 is 10.1 Å². The first-order chi connectivity index (χ1) is 9.78. The van der Waals surface area contributed by atoms with Gasteiger partial charge < -0.3 is 19.9 Å². The number of ether oxygens (including phenoxy) is 2. The lowest BCUT2D eigenvalue weighted by atomic mass is 10.2. The highest BCUT2D eigenvalue weighted by Crippen LogP contribution is 2.21. The molecule has 0 aromatic heterocycles. The van der Waals surface area contributed by atoms with Gasteiger partial charge in [-0.25, -0.2) is 0 Å². The number of anilines is 1. The number of benzene rings is 1. The topological polar surface area (TPSA) is 50.7 Å². The molecule has 2 N–H and O–H groups in total. The van der Waals surface area contributed by atoms with Crippen LogP contribution in [0, 0.1) is 0 Å². The first kappa shape index (κ1) is 15.1. The van der Waals surface area contributed by atoms with E-state index in [9.17, 15) is 5.11 Å². The molecule has 0 radical (unpaired) electrons. The second-order valence-electron chi connectivity index (χ2n) is 5.23. The third-order valence-corrected chi connectivity index (χ3v) is 3.53. The fourth-order valence-electron chi connectivity index (χ4n) is 2.43. The summed E-state index contributed by atoms with van der Waals surface area (Å²) in [6, 6.07) is 7.76. The number of rotatable bonds is 8. The number of aliphatic hydroxyl groups is 1. The molecule has 112 valence electrons. The number of nitrogens with one attached hydrogen (secondary N) is 1. The van der Waals surface area contributed by atoms with Gasteiger partial charge in [-0.05, 0) is 44.0 Å². The lowest BCUT2D eigenvalue weighted by molar-refractivity contribution is -0.00117. The van der Waals surface area contributed by atoms with Crippen LogP contribution in [0.25, 0.3) is 0 Å². The molecule has 0 heterocycles. The van der Waals surface area contributed by atoms with E-state index in [0.717, 1.165) is 24.3 Å². The highest BCUT2D eigenvalue weighted by atomic mass is 16.5. The Morgan fingerprint density at radius 2 is 1.95 bits per heavy atom. The van der Waals surface area contributed by atoms with E-state index < -0.39 is 6.10 Å². The second kappa shape index (κ2) is 8.12. The second-order valence-corrected chi connectivity index (χ2v) is 5.23. The van der Waals surface area contributed by atoms with Crippen LogP contribution in [0.3, 0.4) is 0 Å². The Morgan fingerprint density at radius 1 is 1.25 bits per heavy atom. The van der Waals surface area contributed by atoms with Crippen LogP contribution in [-0.4, -0.2) is 37.1 Å². The largest absolute Gasteiger partial charge is 0.494 e. The van der Waals surface area contributed by atoms with E-state index >= 15 is 0 Å². The molecule has 1 aromatic rings. The van der Waals surface area contributed by atoms with Crippen LogP contribution in [0.4, 0.5) is 5.69 Å². The molecule has 0 saturated heterocycles. The van der Waals surface area contributed by atoms with Gasteiger partial charge in [-0.1, -0.05) is 12.8 Å². The van der Waals surface area contributed by atoms with Gasteiger partial charge in [-0.2, -0.15) is 0 Å². The summed E-state index contributed by atoms with van der Waals surface area (Å²) in [4.78, 5) is 0. The van der Waals surface area contributed by atoms with Crippen LogP contribution >= 0.6 is 0 Å². The maximum absolute atomic E-state index is 9.90. The molecule has 0 bridgehead atoms. The van der Waals surface area contributed by atoms with Crippen molar-refractivity contribution in [2.24, 2.45) is 0 Å². The molecular formula is C16H25NO3. The summed E-state index contributed by atoms with van der Waals surface area (Å²) in [5, 5.41) is 13.1. The molecule has 0 amide bonds. The van der Waals surface area contributed by atoms with Crippen LogP contribution in [0.5, 0.6) is 5.75 Å². The summed E-state index contributed by atoms with van der Waals surface area (Å²) in [5.41, 5.74) is 0.980. The van der Waals surface area contributed by atoms with E-state index in [4.69, 9.17) is 9.47 Å². The molecule has 0 aliphatic heterocycles. The van der Waals surface area contributed by atoms with Crippen LogP contribution in [0.2, 0.25) is 0 Å². The van der Waals surface area contributed by atoms with Crippen molar-refractivity contribution in [2.45, 2.75) is 44.8 Å². The van der Waals surface area contributed by atoms with Crippen molar-refractivity contribution in [3.8, 4) is 5.75 Å². The first-order valence-electron chi connectivity index (χ1n) is 7.54. The van der Waals surface area contributed by atoms with Gasteiger partial charge in [0, 0.05) is 12.2 Å². The molecule has 0 spiro atoms. The molecular weight excluding hydrogens is 254 g/mol. The fourth-order valence-corrected chi connectivity index (χ4v) is 2.43. The van der Waals surface area contributed by atoms with E-state index in [-0.39, 0.29) is 0 Å². The van der Waals surface area contributed by atoms with Gasteiger partial charge in [-0.3, -0.25) is 0 Å². The van der Waals surface area contributed by atoms with E-state index in [1.54, 1.807) is 0 Å². The molecule has 1 saturated carbocycles. The standard InChI is InChI=1S/C16H25NO3/c1-2-19-16-9-7-13(8-10-16)17-11-14(18)12-20-15-5-3-4-6-15/h7-10,14-15,17-18H,2-6,11-12H2,1H3. The SMILES string of the molecule is CCOc1ccc(NCC(O)COC2CCCC2)cc1. The van der Waals surface area contributed by atoms with Crippen LogP contribution in [-0.2, 0) is 4.74 Å². The Labute approximate surface area is 121 Å². The summed E-state index contributed by atoms with van der Waals surface area (Å²) < 4.78 is 11.1. The minimum atomic E-state index is -0.470. The van der Waals surface area contributed by atoms with Gasteiger partial charge in [-0.15, -0.1) is 0 Å². The molecule has 2 rings (SSSR count). The summed E-state index contributed by atoms with van der Waals surface area (Å²) >= 11 is 0. The van der Waals surface area contributed by atoms with Gasteiger partial charge >= 0.3 is 0 Å². The van der Waals surface area contributed by atoms with E-state index in [0.29, 0.717) is 25.9 Å². The van der Waals surface area contributed by atoms with Crippen LogP contribution in [0.1, 0.15) is 32.6 Å². The molecule has 1 aliphatic rings.